The van der Waals surface area contributed by atoms with E-state index in [4.69, 9.17) is 9.47 Å². The molecule has 0 spiro atoms. The van der Waals surface area contributed by atoms with Gasteiger partial charge < -0.3 is 14.8 Å². The Bertz CT molecular complexity index is 449. The summed E-state index contributed by atoms with van der Waals surface area (Å²) in [6.45, 7) is 6.15. The Hall–Kier alpha value is -1.36. The summed E-state index contributed by atoms with van der Waals surface area (Å²) in [4.78, 5) is 4.47. The molecule has 0 bridgehead atoms. The van der Waals surface area contributed by atoms with Crippen LogP contribution in [0.3, 0.4) is 0 Å². The topological polar surface area (TPSA) is 42.9 Å². The molecule has 1 aliphatic heterocycles. The van der Waals surface area contributed by atoms with Gasteiger partial charge in [-0.05, 0) is 32.4 Å². The van der Waals surface area contributed by atoms with Crippen LogP contribution in [0, 0.1) is 0 Å². The van der Waals surface area contributed by atoms with Gasteiger partial charge in [-0.25, -0.2) is 0 Å². The highest BCUT2D eigenvalue weighted by Gasteiger charge is 2.11. The molecule has 0 unspecified atom stereocenters. The summed E-state index contributed by atoms with van der Waals surface area (Å²) in [7, 11) is 0. The van der Waals surface area contributed by atoms with Crippen molar-refractivity contribution < 1.29 is 9.47 Å². The summed E-state index contributed by atoms with van der Waals surface area (Å²) >= 11 is 1.75. The van der Waals surface area contributed by atoms with Gasteiger partial charge in [0.25, 0.3) is 0 Å². The molecule has 0 saturated heterocycles. The average molecular weight is 280 g/mol. The lowest BCUT2D eigenvalue weighted by Crippen LogP contribution is -2.14. The molecule has 1 aliphatic rings. The van der Waals surface area contributed by atoms with Crippen molar-refractivity contribution in [2.75, 3.05) is 30.8 Å². The maximum atomic E-state index is 5.63. The van der Waals surface area contributed by atoms with Gasteiger partial charge in [0.15, 0.2) is 5.17 Å². The second-order valence-electron chi connectivity index (χ2n) is 4.04. The quantitative estimate of drug-likeness (QED) is 0.898. The third-order valence-corrected chi connectivity index (χ3v) is 3.60. The van der Waals surface area contributed by atoms with Crippen molar-refractivity contribution in [1.82, 2.24) is 0 Å². The van der Waals surface area contributed by atoms with Crippen molar-refractivity contribution in [3.05, 3.63) is 18.2 Å². The summed E-state index contributed by atoms with van der Waals surface area (Å²) in [5.41, 5.74) is 0.918. The first-order valence-electron chi connectivity index (χ1n) is 6.67. The van der Waals surface area contributed by atoms with Crippen molar-refractivity contribution >= 4 is 22.6 Å². The second kappa shape index (κ2) is 7.28. The molecule has 0 aliphatic carbocycles. The molecule has 0 amide bonds. The Morgan fingerprint density at radius 2 is 2.11 bits per heavy atom. The standard InChI is InChI=1S/C14H20N2O2S/c1-3-17-11-6-7-13(18-4-2)12(10-11)16-14-15-8-5-9-19-14/h6-7,10H,3-5,8-9H2,1-2H3,(H,15,16). The zero-order valence-corrected chi connectivity index (χ0v) is 12.3. The van der Waals surface area contributed by atoms with Crippen LogP contribution in [0.2, 0.25) is 0 Å². The van der Waals surface area contributed by atoms with E-state index in [1.165, 1.54) is 0 Å². The molecular formula is C14H20N2O2S. The van der Waals surface area contributed by atoms with E-state index < -0.39 is 0 Å². The fourth-order valence-electron chi connectivity index (χ4n) is 1.80. The lowest BCUT2D eigenvalue weighted by atomic mass is 10.2. The van der Waals surface area contributed by atoms with E-state index in [1.807, 2.05) is 32.0 Å². The largest absolute Gasteiger partial charge is 0.494 e. The maximum absolute atomic E-state index is 5.63. The number of hydrogen-bond donors (Lipinski definition) is 1. The smallest absolute Gasteiger partial charge is 0.161 e. The van der Waals surface area contributed by atoms with Gasteiger partial charge in [0, 0.05) is 18.4 Å². The Kier molecular flexibility index (Phi) is 5.39. The third-order valence-electron chi connectivity index (χ3n) is 2.60. The van der Waals surface area contributed by atoms with Crippen LogP contribution in [0.25, 0.3) is 0 Å². The zero-order chi connectivity index (χ0) is 13.5. The zero-order valence-electron chi connectivity index (χ0n) is 11.4. The van der Waals surface area contributed by atoms with Gasteiger partial charge in [0.1, 0.15) is 11.5 Å². The highest BCUT2D eigenvalue weighted by Crippen LogP contribution is 2.30. The minimum absolute atomic E-state index is 0.641. The van der Waals surface area contributed by atoms with Crippen LogP contribution in [0.1, 0.15) is 20.3 Å². The molecule has 2 rings (SSSR count). The van der Waals surface area contributed by atoms with Gasteiger partial charge in [-0.3, -0.25) is 4.99 Å². The number of hydrogen-bond acceptors (Lipinski definition) is 5. The SMILES string of the molecule is CCOc1ccc(OCC)c(NC2=NCCCS2)c1. The lowest BCUT2D eigenvalue weighted by Gasteiger charge is -2.17. The van der Waals surface area contributed by atoms with E-state index in [0.717, 1.165) is 41.1 Å². The molecule has 1 N–H and O–H groups in total. The Balaban J connectivity index is 2.18. The van der Waals surface area contributed by atoms with Gasteiger partial charge in [0.05, 0.1) is 18.9 Å². The average Bonchev–Trinajstić information content (AvgIpc) is 2.43. The molecule has 0 aromatic heterocycles. The van der Waals surface area contributed by atoms with Crippen molar-refractivity contribution in [2.24, 2.45) is 4.99 Å². The molecule has 1 aromatic rings. The highest BCUT2D eigenvalue weighted by molar-refractivity contribution is 8.14. The molecule has 0 atom stereocenters. The van der Waals surface area contributed by atoms with Crippen LogP contribution in [-0.2, 0) is 0 Å². The van der Waals surface area contributed by atoms with Gasteiger partial charge in [0.2, 0.25) is 0 Å². The molecule has 0 saturated carbocycles. The predicted molar refractivity (Wildman–Crippen MR) is 81.8 cm³/mol. The van der Waals surface area contributed by atoms with Gasteiger partial charge in [-0.2, -0.15) is 0 Å². The summed E-state index contributed by atoms with van der Waals surface area (Å²) in [6, 6.07) is 5.83. The van der Waals surface area contributed by atoms with E-state index >= 15 is 0 Å². The first-order valence-corrected chi connectivity index (χ1v) is 7.66. The van der Waals surface area contributed by atoms with Crippen LogP contribution < -0.4 is 14.8 Å². The second-order valence-corrected chi connectivity index (χ2v) is 5.12. The summed E-state index contributed by atoms with van der Waals surface area (Å²) in [5, 5.41) is 4.30. The molecule has 4 nitrogen and oxygen atoms in total. The number of nitrogens with zero attached hydrogens (tertiary/aromatic N) is 1. The summed E-state index contributed by atoms with van der Waals surface area (Å²) in [5.74, 6) is 2.79. The number of thioether (sulfide) groups is 1. The monoisotopic (exact) mass is 280 g/mol. The molecule has 0 radical (unpaired) electrons. The van der Waals surface area contributed by atoms with E-state index in [1.54, 1.807) is 11.8 Å². The fourth-order valence-corrected chi connectivity index (χ4v) is 2.63. The number of rotatable bonds is 5. The van der Waals surface area contributed by atoms with Crippen LogP contribution in [0.4, 0.5) is 5.69 Å². The summed E-state index contributed by atoms with van der Waals surface area (Å²) < 4.78 is 11.2. The number of nitrogens with one attached hydrogen (secondary N) is 1. The number of aliphatic imine (C=N–C) groups is 1. The predicted octanol–water partition coefficient (Wildman–Crippen LogP) is 3.39. The van der Waals surface area contributed by atoms with E-state index in [2.05, 4.69) is 10.3 Å². The summed E-state index contributed by atoms with van der Waals surface area (Å²) in [6.07, 6.45) is 1.15. The number of ether oxygens (including phenoxy) is 2. The first kappa shape index (κ1) is 14.1. The molecular weight excluding hydrogens is 260 g/mol. The first-order chi connectivity index (χ1) is 9.33. The number of benzene rings is 1. The maximum Gasteiger partial charge on any atom is 0.161 e. The fraction of sp³-hybridized carbons (Fsp3) is 0.500. The molecule has 0 fully saturated rings. The number of amidine groups is 1. The van der Waals surface area contributed by atoms with Crippen LogP contribution >= 0.6 is 11.8 Å². The minimum atomic E-state index is 0.641. The molecule has 5 heteroatoms. The van der Waals surface area contributed by atoms with Gasteiger partial charge >= 0.3 is 0 Å². The Labute approximate surface area is 118 Å². The molecule has 104 valence electrons. The van der Waals surface area contributed by atoms with Crippen LogP contribution in [0.15, 0.2) is 23.2 Å². The lowest BCUT2D eigenvalue weighted by molar-refractivity contribution is 0.332. The third kappa shape index (κ3) is 4.06. The minimum Gasteiger partial charge on any atom is -0.494 e. The van der Waals surface area contributed by atoms with Crippen LogP contribution in [0.5, 0.6) is 11.5 Å². The Morgan fingerprint density at radius 1 is 1.26 bits per heavy atom. The Morgan fingerprint density at radius 3 is 2.79 bits per heavy atom. The molecule has 19 heavy (non-hydrogen) atoms. The molecule has 1 heterocycles. The van der Waals surface area contributed by atoms with Gasteiger partial charge in [-0.1, -0.05) is 11.8 Å². The van der Waals surface area contributed by atoms with Crippen LogP contribution in [-0.4, -0.2) is 30.7 Å². The van der Waals surface area contributed by atoms with E-state index in [-0.39, 0.29) is 0 Å². The van der Waals surface area contributed by atoms with Crippen molar-refractivity contribution in [3.8, 4) is 11.5 Å². The number of anilines is 1. The van der Waals surface area contributed by atoms with Gasteiger partial charge in [-0.15, -0.1) is 0 Å². The van der Waals surface area contributed by atoms with E-state index in [9.17, 15) is 0 Å². The van der Waals surface area contributed by atoms with Crippen molar-refractivity contribution in [2.45, 2.75) is 20.3 Å². The normalized spacial score (nSPS) is 14.7. The van der Waals surface area contributed by atoms with E-state index in [0.29, 0.717) is 13.2 Å². The highest BCUT2D eigenvalue weighted by atomic mass is 32.2. The van der Waals surface area contributed by atoms with Crippen molar-refractivity contribution in [1.29, 1.82) is 0 Å². The molecule has 1 aromatic carbocycles. The van der Waals surface area contributed by atoms with Crippen molar-refractivity contribution in [3.63, 3.8) is 0 Å².